The number of aromatic nitrogens is 1. The first-order valence-corrected chi connectivity index (χ1v) is 10.5. The number of halogens is 2. The third-order valence-corrected chi connectivity index (χ3v) is 6.01. The van der Waals surface area contributed by atoms with Crippen molar-refractivity contribution in [2.24, 2.45) is 0 Å². The van der Waals surface area contributed by atoms with Crippen LogP contribution in [0.4, 0.5) is 10.1 Å². The molecule has 168 valence electrons. The monoisotopic (exact) mass is 455 g/mol. The third-order valence-electron chi connectivity index (χ3n) is 6.01. The standard InChI is InChI=1S/C25H26FN3O2.ClH/c1-18-5-3-6-22(19(18)2)27-13-15-28(16-14-27)25(31)24(30)23-7-4-12-29(23)17-20-8-10-21(26)11-9-20;/h3-12H,13-17H2,1-2H3;1H. The minimum absolute atomic E-state index is 0. The van der Waals surface area contributed by atoms with Gasteiger partial charge < -0.3 is 14.4 Å². The minimum Gasteiger partial charge on any atom is -0.368 e. The van der Waals surface area contributed by atoms with Gasteiger partial charge in [-0.1, -0.05) is 24.3 Å². The number of rotatable bonds is 5. The molecule has 0 saturated carbocycles. The maximum absolute atomic E-state index is 13.1. The molecule has 1 aliphatic rings. The molecule has 1 saturated heterocycles. The van der Waals surface area contributed by atoms with Gasteiger partial charge in [-0.2, -0.15) is 0 Å². The molecule has 5 nitrogen and oxygen atoms in total. The summed E-state index contributed by atoms with van der Waals surface area (Å²) in [4.78, 5) is 29.7. The van der Waals surface area contributed by atoms with Gasteiger partial charge in [0.2, 0.25) is 0 Å². The fourth-order valence-corrected chi connectivity index (χ4v) is 4.03. The smallest absolute Gasteiger partial charge is 0.296 e. The van der Waals surface area contributed by atoms with Gasteiger partial charge in [0.05, 0.1) is 5.69 Å². The Balaban J connectivity index is 0.00000289. The highest BCUT2D eigenvalue weighted by Crippen LogP contribution is 2.24. The normalized spacial score (nSPS) is 13.6. The Labute approximate surface area is 193 Å². The molecule has 0 unspecified atom stereocenters. The van der Waals surface area contributed by atoms with Crippen molar-refractivity contribution in [3.63, 3.8) is 0 Å². The zero-order chi connectivity index (χ0) is 22.0. The minimum atomic E-state index is -0.507. The number of Topliss-reactive ketones (excluding diaryl/α,β-unsaturated/α-hetero) is 1. The van der Waals surface area contributed by atoms with Crippen molar-refractivity contribution < 1.29 is 14.0 Å². The fourth-order valence-electron chi connectivity index (χ4n) is 4.03. The number of hydrogen-bond donors (Lipinski definition) is 0. The molecule has 1 fully saturated rings. The summed E-state index contributed by atoms with van der Waals surface area (Å²) in [6.45, 7) is 7.02. The molecule has 1 aliphatic heterocycles. The first-order chi connectivity index (χ1) is 14.9. The van der Waals surface area contributed by atoms with Crippen LogP contribution in [0.1, 0.15) is 27.2 Å². The lowest BCUT2D eigenvalue weighted by Crippen LogP contribution is -2.51. The molecule has 2 heterocycles. The van der Waals surface area contributed by atoms with Crippen molar-refractivity contribution >= 4 is 29.8 Å². The van der Waals surface area contributed by atoms with Crippen LogP contribution in [-0.2, 0) is 11.3 Å². The number of ketones is 1. The predicted molar refractivity (Wildman–Crippen MR) is 126 cm³/mol. The Hall–Kier alpha value is -3.12. The summed E-state index contributed by atoms with van der Waals surface area (Å²) in [6, 6.07) is 15.8. The summed E-state index contributed by atoms with van der Waals surface area (Å²) < 4.78 is 14.9. The Morgan fingerprint density at radius 2 is 1.59 bits per heavy atom. The molecule has 4 rings (SSSR count). The van der Waals surface area contributed by atoms with Crippen LogP contribution in [0.2, 0.25) is 0 Å². The first-order valence-electron chi connectivity index (χ1n) is 10.5. The van der Waals surface area contributed by atoms with Crippen molar-refractivity contribution in [1.82, 2.24) is 9.47 Å². The maximum atomic E-state index is 13.1. The van der Waals surface area contributed by atoms with Crippen molar-refractivity contribution in [2.75, 3.05) is 31.1 Å². The van der Waals surface area contributed by atoms with E-state index in [4.69, 9.17) is 0 Å². The Morgan fingerprint density at radius 1 is 0.906 bits per heavy atom. The number of carbonyl (C=O) groups excluding carboxylic acids is 2. The molecule has 0 atom stereocenters. The van der Waals surface area contributed by atoms with Gasteiger partial charge in [0, 0.05) is 44.6 Å². The number of nitrogens with zero attached hydrogens (tertiary/aromatic N) is 3. The molecule has 0 aliphatic carbocycles. The van der Waals surface area contributed by atoms with E-state index < -0.39 is 11.7 Å². The molecule has 1 amide bonds. The van der Waals surface area contributed by atoms with Gasteiger partial charge in [0.1, 0.15) is 5.82 Å². The molecule has 1 aromatic heterocycles. The molecule has 3 aromatic rings. The zero-order valence-electron chi connectivity index (χ0n) is 18.3. The number of amides is 1. The number of hydrogen-bond acceptors (Lipinski definition) is 3. The van der Waals surface area contributed by atoms with E-state index >= 15 is 0 Å². The van der Waals surface area contributed by atoms with Gasteiger partial charge in [-0.25, -0.2) is 4.39 Å². The largest absolute Gasteiger partial charge is 0.368 e. The van der Waals surface area contributed by atoms with Crippen LogP contribution >= 0.6 is 12.4 Å². The van der Waals surface area contributed by atoms with Crippen molar-refractivity contribution in [3.05, 3.63) is 89.0 Å². The molecular formula is C25H27ClFN3O2. The van der Waals surface area contributed by atoms with E-state index in [-0.39, 0.29) is 18.2 Å². The number of carbonyl (C=O) groups is 2. The third kappa shape index (κ3) is 4.86. The van der Waals surface area contributed by atoms with E-state index in [1.54, 1.807) is 39.9 Å². The van der Waals surface area contributed by atoms with Crippen LogP contribution < -0.4 is 4.90 Å². The van der Waals surface area contributed by atoms with E-state index in [1.165, 1.54) is 28.9 Å². The average Bonchev–Trinajstić information content (AvgIpc) is 3.24. The van der Waals surface area contributed by atoms with E-state index in [1.807, 2.05) is 6.07 Å². The summed E-state index contributed by atoms with van der Waals surface area (Å²) in [7, 11) is 0. The van der Waals surface area contributed by atoms with Crippen LogP contribution in [-0.4, -0.2) is 47.3 Å². The lowest BCUT2D eigenvalue weighted by atomic mass is 10.1. The number of aryl methyl sites for hydroxylation is 1. The summed E-state index contributed by atoms with van der Waals surface area (Å²) >= 11 is 0. The molecule has 0 bridgehead atoms. The second kappa shape index (κ2) is 10.0. The van der Waals surface area contributed by atoms with Gasteiger partial charge in [-0.05, 0) is 60.9 Å². The molecule has 32 heavy (non-hydrogen) atoms. The van der Waals surface area contributed by atoms with Crippen molar-refractivity contribution in [1.29, 1.82) is 0 Å². The first kappa shape index (κ1) is 23.5. The Morgan fingerprint density at radius 3 is 2.28 bits per heavy atom. The van der Waals surface area contributed by atoms with E-state index in [2.05, 4.69) is 30.9 Å². The SMILES string of the molecule is Cc1cccc(N2CCN(C(=O)C(=O)c3cccn3Cc3ccc(F)cc3)CC2)c1C.Cl. The second-order valence-corrected chi connectivity index (χ2v) is 7.98. The Kier molecular flexibility index (Phi) is 7.36. The zero-order valence-corrected chi connectivity index (χ0v) is 19.1. The van der Waals surface area contributed by atoms with Crippen LogP contribution in [0.25, 0.3) is 0 Å². The topological polar surface area (TPSA) is 45.6 Å². The van der Waals surface area contributed by atoms with Crippen molar-refractivity contribution in [2.45, 2.75) is 20.4 Å². The second-order valence-electron chi connectivity index (χ2n) is 7.98. The van der Waals surface area contributed by atoms with E-state index in [0.717, 1.165) is 5.56 Å². The van der Waals surface area contributed by atoms with Gasteiger partial charge in [0.15, 0.2) is 0 Å². The lowest BCUT2D eigenvalue weighted by Gasteiger charge is -2.36. The average molecular weight is 456 g/mol. The van der Waals surface area contributed by atoms with Gasteiger partial charge >= 0.3 is 0 Å². The fraction of sp³-hybridized carbons (Fsp3) is 0.280. The predicted octanol–water partition coefficient (Wildman–Crippen LogP) is 4.25. The summed E-state index contributed by atoms with van der Waals surface area (Å²) in [5.74, 6) is -1.28. The Bertz CT molecular complexity index is 1100. The van der Waals surface area contributed by atoms with Gasteiger partial charge in [-0.15, -0.1) is 12.4 Å². The van der Waals surface area contributed by atoms with Crippen LogP contribution in [0, 0.1) is 19.7 Å². The highest BCUT2D eigenvalue weighted by Gasteiger charge is 2.28. The molecule has 7 heteroatoms. The molecule has 2 aromatic carbocycles. The van der Waals surface area contributed by atoms with Crippen molar-refractivity contribution in [3.8, 4) is 0 Å². The van der Waals surface area contributed by atoms with Crippen LogP contribution in [0.3, 0.4) is 0 Å². The summed E-state index contributed by atoms with van der Waals surface area (Å²) in [6.07, 6.45) is 1.77. The number of benzene rings is 2. The van der Waals surface area contributed by atoms with E-state index in [9.17, 15) is 14.0 Å². The van der Waals surface area contributed by atoms with Gasteiger partial charge in [-0.3, -0.25) is 9.59 Å². The van der Waals surface area contributed by atoms with Crippen LogP contribution in [0.5, 0.6) is 0 Å². The summed E-state index contributed by atoms with van der Waals surface area (Å²) in [5, 5.41) is 0. The number of piperazine rings is 1. The van der Waals surface area contributed by atoms with Crippen LogP contribution in [0.15, 0.2) is 60.8 Å². The highest BCUT2D eigenvalue weighted by molar-refractivity contribution is 6.42. The number of anilines is 1. The quantitative estimate of drug-likeness (QED) is 0.427. The molecule has 0 N–H and O–H groups in total. The van der Waals surface area contributed by atoms with Gasteiger partial charge in [0.25, 0.3) is 11.7 Å². The summed E-state index contributed by atoms with van der Waals surface area (Å²) in [5.41, 5.74) is 4.89. The lowest BCUT2D eigenvalue weighted by molar-refractivity contribution is -0.126. The highest BCUT2D eigenvalue weighted by atomic mass is 35.5. The molecular weight excluding hydrogens is 429 g/mol. The molecule has 0 radical (unpaired) electrons. The van der Waals surface area contributed by atoms with E-state index in [0.29, 0.717) is 38.4 Å². The molecule has 0 spiro atoms. The maximum Gasteiger partial charge on any atom is 0.296 e.